The lowest BCUT2D eigenvalue weighted by Gasteiger charge is -2.23. The number of rotatable bonds is 4. The predicted molar refractivity (Wildman–Crippen MR) is 84.3 cm³/mol. The van der Waals surface area contributed by atoms with Gasteiger partial charge >= 0.3 is 0 Å². The second-order valence-corrected chi connectivity index (χ2v) is 8.18. The minimum atomic E-state index is 0.0772. The monoisotopic (exact) mass is 301 g/mol. The van der Waals surface area contributed by atoms with Gasteiger partial charge in [-0.25, -0.2) is 0 Å². The molecule has 2 unspecified atom stereocenters. The maximum absolute atomic E-state index is 6.04. The van der Waals surface area contributed by atoms with Crippen LogP contribution in [0.25, 0.3) is 0 Å². The summed E-state index contributed by atoms with van der Waals surface area (Å²) in [6.07, 6.45) is 4.33. The molecule has 0 radical (unpaired) electrons. The molecule has 108 valence electrons. The average molecular weight is 301 g/mol. The van der Waals surface area contributed by atoms with Gasteiger partial charge in [0.1, 0.15) is 11.3 Å². The molecule has 2 N–H and O–H groups in total. The molecule has 2 aliphatic rings. The fourth-order valence-corrected chi connectivity index (χ4v) is 3.90. The van der Waals surface area contributed by atoms with Gasteiger partial charge < -0.3 is 15.0 Å². The van der Waals surface area contributed by atoms with Crippen molar-refractivity contribution < 1.29 is 4.74 Å². The zero-order chi connectivity index (χ0) is 14.0. The largest absolute Gasteiger partial charge is 0.472 e. The molecule has 2 aliphatic heterocycles. The van der Waals surface area contributed by atoms with Gasteiger partial charge in [-0.1, -0.05) is 32.5 Å². The molecule has 0 aliphatic carbocycles. The topological polar surface area (TPSA) is 36.5 Å². The normalized spacial score (nSPS) is 26.9. The Kier molecular flexibility index (Phi) is 4.63. The first-order valence-corrected chi connectivity index (χ1v) is 8.30. The van der Waals surface area contributed by atoms with Gasteiger partial charge in [-0.05, 0) is 7.05 Å². The summed E-state index contributed by atoms with van der Waals surface area (Å²) < 4.78 is 7.35. The van der Waals surface area contributed by atoms with Gasteiger partial charge in [0.25, 0.3) is 0 Å². The molecule has 0 amide bonds. The van der Waals surface area contributed by atoms with Crippen LogP contribution < -0.4 is 10.6 Å². The summed E-state index contributed by atoms with van der Waals surface area (Å²) in [5.74, 6) is 2.00. The highest BCUT2D eigenvalue weighted by molar-refractivity contribution is 8.22. The molecule has 0 aromatic heterocycles. The molecule has 6 heteroatoms. The lowest BCUT2D eigenvalue weighted by atomic mass is 9.94. The van der Waals surface area contributed by atoms with E-state index in [0.29, 0.717) is 5.50 Å². The maximum atomic E-state index is 6.04. The van der Waals surface area contributed by atoms with E-state index >= 15 is 0 Å². The zero-order valence-electron chi connectivity index (χ0n) is 12.2. The third-order valence-electron chi connectivity index (χ3n) is 2.99. The molecule has 19 heavy (non-hydrogen) atoms. The van der Waals surface area contributed by atoms with Crippen LogP contribution in [0.1, 0.15) is 20.8 Å². The van der Waals surface area contributed by atoms with Crippen molar-refractivity contribution in [2.45, 2.75) is 32.5 Å². The summed E-state index contributed by atoms with van der Waals surface area (Å²) >= 11 is 3.65. The first-order chi connectivity index (χ1) is 8.90. The van der Waals surface area contributed by atoms with Gasteiger partial charge in [0.05, 0.1) is 9.99 Å². The highest BCUT2D eigenvalue weighted by atomic mass is 32.2. The average Bonchev–Trinajstić information content (AvgIpc) is 2.92. The van der Waals surface area contributed by atoms with E-state index < -0.39 is 0 Å². The molecular weight excluding hydrogens is 278 g/mol. The van der Waals surface area contributed by atoms with Crippen LogP contribution in [0.5, 0.6) is 0 Å². The van der Waals surface area contributed by atoms with Crippen LogP contribution in [0.2, 0.25) is 0 Å². The molecule has 4 nitrogen and oxygen atoms in total. The van der Waals surface area contributed by atoms with E-state index in [4.69, 9.17) is 4.74 Å². The molecule has 2 rings (SSSR count). The SMILES string of the molecule is CNC1NC=C(SCC2OC(C(C)(C)C)=CN2C)S1. The van der Waals surface area contributed by atoms with Crippen LogP contribution in [-0.2, 0) is 4.74 Å². The Balaban J connectivity index is 1.80. The predicted octanol–water partition coefficient (Wildman–Crippen LogP) is 2.53. The number of nitrogens with one attached hydrogen (secondary N) is 2. The van der Waals surface area contributed by atoms with E-state index in [1.54, 1.807) is 0 Å². The van der Waals surface area contributed by atoms with Crippen molar-refractivity contribution in [3.63, 3.8) is 0 Å². The number of hydrogen-bond donors (Lipinski definition) is 2. The highest BCUT2D eigenvalue weighted by Gasteiger charge is 2.30. The fraction of sp³-hybridized carbons (Fsp3) is 0.692. The Hall–Kier alpha value is -0.460. The summed E-state index contributed by atoms with van der Waals surface area (Å²) in [5.41, 5.74) is 0.376. The molecule has 2 atom stereocenters. The van der Waals surface area contributed by atoms with Crippen LogP contribution in [0.3, 0.4) is 0 Å². The van der Waals surface area contributed by atoms with E-state index in [9.17, 15) is 0 Å². The molecule has 2 heterocycles. The molecular formula is C13H23N3OS2. The third-order valence-corrected chi connectivity index (χ3v) is 5.45. The van der Waals surface area contributed by atoms with Gasteiger partial charge in [0, 0.05) is 24.9 Å². The van der Waals surface area contributed by atoms with Crippen LogP contribution in [0.4, 0.5) is 0 Å². The van der Waals surface area contributed by atoms with Crippen molar-refractivity contribution in [3.05, 3.63) is 22.4 Å². The molecule has 0 fully saturated rings. The van der Waals surface area contributed by atoms with Crippen LogP contribution >= 0.6 is 23.5 Å². The van der Waals surface area contributed by atoms with E-state index in [1.165, 1.54) is 4.24 Å². The number of allylic oxidation sites excluding steroid dienone is 1. The minimum absolute atomic E-state index is 0.0772. The quantitative estimate of drug-likeness (QED) is 0.831. The lowest BCUT2D eigenvalue weighted by Crippen LogP contribution is -2.30. The fourth-order valence-electron chi connectivity index (χ4n) is 1.75. The van der Waals surface area contributed by atoms with E-state index in [2.05, 4.69) is 55.8 Å². The van der Waals surface area contributed by atoms with Crippen molar-refractivity contribution in [1.82, 2.24) is 15.5 Å². The summed E-state index contributed by atoms with van der Waals surface area (Å²) in [7, 11) is 4.04. The maximum Gasteiger partial charge on any atom is 0.180 e. The molecule has 0 saturated heterocycles. The van der Waals surface area contributed by atoms with Gasteiger partial charge in [-0.3, -0.25) is 5.32 Å². The van der Waals surface area contributed by atoms with Crippen LogP contribution in [0.15, 0.2) is 22.4 Å². The lowest BCUT2D eigenvalue weighted by molar-refractivity contribution is 0.0542. The van der Waals surface area contributed by atoms with E-state index in [0.717, 1.165) is 11.5 Å². The Bertz CT molecular complexity index is 390. The molecule has 0 aromatic rings. The smallest absolute Gasteiger partial charge is 0.180 e. The van der Waals surface area contributed by atoms with Crippen molar-refractivity contribution >= 4 is 23.5 Å². The Labute approximate surface area is 124 Å². The summed E-state index contributed by atoms with van der Waals surface area (Å²) in [4.78, 5) is 2.16. The van der Waals surface area contributed by atoms with Gasteiger partial charge in [-0.15, -0.1) is 11.8 Å². The van der Waals surface area contributed by atoms with E-state index in [1.807, 2.05) is 30.6 Å². The summed E-state index contributed by atoms with van der Waals surface area (Å²) in [5, 5.41) is 6.47. The Morgan fingerprint density at radius 3 is 2.79 bits per heavy atom. The van der Waals surface area contributed by atoms with Crippen molar-refractivity contribution in [3.8, 4) is 0 Å². The highest BCUT2D eigenvalue weighted by Crippen LogP contribution is 2.37. The zero-order valence-corrected chi connectivity index (χ0v) is 13.8. The number of hydrogen-bond acceptors (Lipinski definition) is 6. The number of ether oxygens (including phenoxy) is 1. The van der Waals surface area contributed by atoms with Gasteiger partial charge in [0.2, 0.25) is 0 Å². The number of thioether (sulfide) groups is 2. The second-order valence-electron chi connectivity index (χ2n) is 5.71. The third kappa shape index (κ3) is 3.77. The van der Waals surface area contributed by atoms with Crippen molar-refractivity contribution in [2.24, 2.45) is 5.41 Å². The number of nitrogens with zero attached hydrogens (tertiary/aromatic N) is 1. The second kappa shape index (κ2) is 5.89. The Morgan fingerprint density at radius 2 is 2.26 bits per heavy atom. The molecule has 0 bridgehead atoms. The standard InChI is InChI=1S/C13H23N3OS2/c1-13(2,3)9-7-16(5)10(17-9)8-18-11-6-15-12(14-4)19-11/h6-7,10,12,14-15H,8H2,1-5H3. The van der Waals surface area contributed by atoms with Crippen LogP contribution in [-0.4, -0.2) is 36.5 Å². The van der Waals surface area contributed by atoms with Gasteiger partial charge in [-0.2, -0.15) is 0 Å². The van der Waals surface area contributed by atoms with Crippen molar-refractivity contribution in [1.29, 1.82) is 0 Å². The summed E-state index contributed by atoms with van der Waals surface area (Å²) in [6.45, 7) is 6.54. The molecule has 0 spiro atoms. The molecule has 0 saturated carbocycles. The van der Waals surface area contributed by atoms with Crippen LogP contribution in [0, 0.1) is 5.41 Å². The van der Waals surface area contributed by atoms with Crippen molar-refractivity contribution in [2.75, 3.05) is 19.8 Å². The first-order valence-electron chi connectivity index (χ1n) is 6.44. The first kappa shape index (κ1) is 14.9. The molecule has 0 aromatic carbocycles. The summed E-state index contributed by atoms with van der Waals surface area (Å²) in [6, 6.07) is 0. The minimum Gasteiger partial charge on any atom is -0.472 e. The van der Waals surface area contributed by atoms with E-state index in [-0.39, 0.29) is 11.6 Å². The Morgan fingerprint density at radius 1 is 1.53 bits per heavy atom. The van der Waals surface area contributed by atoms with Gasteiger partial charge in [0.15, 0.2) is 6.23 Å².